The Hall–Kier alpha value is -2.66. The van der Waals surface area contributed by atoms with E-state index in [4.69, 9.17) is 10.2 Å². The summed E-state index contributed by atoms with van der Waals surface area (Å²) in [6, 6.07) is 16.4. The Morgan fingerprint density at radius 1 is 1.00 bits per heavy atom. The summed E-state index contributed by atoms with van der Waals surface area (Å²) in [7, 11) is 0. The first-order valence-electron chi connectivity index (χ1n) is 8.86. The van der Waals surface area contributed by atoms with Crippen molar-refractivity contribution >= 4 is 27.4 Å². The van der Waals surface area contributed by atoms with Gasteiger partial charge in [0.05, 0.1) is 5.39 Å². The molecule has 1 aromatic carbocycles. The first kappa shape index (κ1) is 18.1. The Labute approximate surface area is 157 Å². The van der Waals surface area contributed by atoms with Gasteiger partial charge in [0, 0.05) is 4.88 Å². The van der Waals surface area contributed by atoms with Crippen molar-refractivity contribution in [1.29, 1.82) is 0 Å². The molecule has 134 valence electrons. The molecule has 4 rings (SSSR count). The van der Waals surface area contributed by atoms with E-state index in [1.807, 2.05) is 39.0 Å². The van der Waals surface area contributed by atoms with E-state index in [2.05, 4.69) is 40.3 Å². The van der Waals surface area contributed by atoms with Crippen LogP contribution in [0.3, 0.4) is 0 Å². The number of anilines is 1. The molecule has 3 heterocycles. The van der Waals surface area contributed by atoms with Crippen LogP contribution in [0, 0.1) is 6.92 Å². The number of rotatable bonds is 4. The maximum atomic E-state index is 6.14. The van der Waals surface area contributed by atoms with Crippen LogP contribution in [-0.2, 0) is 12.8 Å². The molecule has 5 heteroatoms. The highest BCUT2D eigenvalue weighted by molar-refractivity contribution is 7.18. The third kappa shape index (κ3) is 3.94. The largest absolute Gasteiger partial charge is 0.458 e. The molecule has 2 N–H and O–H groups in total. The molecule has 0 amide bonds. The van der Waals surface area contributed by atoms with Crippen LogP contribution in [0.2, 0.25) is 0 Å². The first-order valence-corrected chi connectivity index (χ1v) is 9.67. The van der Waals surface area contributed by atoms with Crippen LogP contribution in [-0.4, -0.2) is 9.97 Å². The smallest absolute Gasteiger partial charge is 0.199 e. The van der Waals surface area contributed by atoms with Crippen LogP contribution in [0.4, 0.5) is 5.82 Å². The van der Waals surface area contributed by atoms with E-state index < -0.39 is 0 Å². The van der Waals surface area contributed by atoms with Gasteiger partial charge >= 0.3 is 0 Å². The van der Waals surface area contributed by atoms with Gasteiger partial charge in [-0.25, -0.2) is 9.97 Å². The Balaban J connectivity index is 0.000000948. The Morgan fingerprint density at radius 2 is 1.77 bits per heavy atom. The van der Waals surface area contributed by atoms with Crippen molar-refractivity contribution in [2.45, 2.75) is 33.6 Å². The number of nitrogen functional groups attached to an aromatic ring is 1. The van der Waals surface area contributed by atoms with Crippen molar-refractivity contribution < 1.29 is 4.42 Å². The van der Waals surface area contributed by atoms with E-state index in [0.29, 0.717) is 17.4 Å². The van der Waals surface area contributed by atoms with Crippen molar-refractivity contribution in [1.82, 2.24) is 9.97 Å². The molecule has 0 bridgehead atoms. The van der Waals surface area contributed by atoms with Crippen molar-refractivity contribution in [2.75, 3.05) is 5.73 Å². The molecule has 3 aromatic heterocycles. The molecule has 4 nitrogen and oxygen atoms in total. The molecular weight excluding hydrogens is 342 g/mol. The lowest BCUT2D eigenvalue weighted by atomic mass is 10.1. The van der Waals surface area contributed by atoms with Gasteiger partial charge in [-0.05, 0) is 43.5 Å². The zero-order chi connectivity index (χ0) is 18.5. The number of furan rings is 1. The van der Waals surface area contributed by atoms with Crippen LogP contribution >= 0.6 is 11.3 Å². The quantitative estimate of drug-likeness (QED) is 0.507. The van der Waals surface area contributed by atoms with Gasteiger partial charge in [-0.1, -0.05) is 44.2 Å². The summed E-state index contributed by atoms with van der Waals surface area (Å²) in [5.74, 6) is 2.54. The topological polar surface area (TPSA) is 64.9 Å². The summed E-state index contributed by atoms with van der Waals surface area (Å²) in [5.41, 5.74) is 7.47. The zero-order valence-corrected chi connectivity index (χ0v) is 16.1. The Bertz CT molecular complexity index is 989. The number of hydrogen-bond donors (Lipinski definition) is 1. The summed E-state index contributed by atoms with van der Waals surface area (Å²) in [5, 5.41) is 0.926. The van der Waals surface area contributed by atoms with Gasteiger partial charge in [0.1, 0.15) is 16.4 Å². The molecule has 26 heavy (non-hydrogen) atoms. The summed E-state index contributed by atoms with van der Waals surface area (Å²) < 4.78 is 5.61. The van der Waals surface area contributed by atoms with Gasteiger partial charge in [-0.3, -0.25) is 0 Å². The van der Waals surface area contributed by atoms with Crippen molar-refractivity contribution in [3.8, 4) is 11.6 Å². The van der Waals surface area contributed by atoms with Gasteiger partial charge in [0.25, 0.3) is 0 Å². The average Bonchev–Trinajstić information content (AvgIpc) is 3.29. The van der Waals surface area contributed by atoms with Crippen LogP contribution in [0.5, 0.6) is 0 Å². The molecule has 0 atom stereocenters. The van der Waals surface area contributed by atoms with Gasteiger partial charge < -0.3 is 10.2 Å². The minimum Gasteiger partial charge on any atom is -0.458 e. The van der Waals surface area contributed by atoms with Gasteiger partial charge in [0.15, 0.2) is 11.6 Å². The van der Waals surface area contributed by atoms with E-state index in [9.17, 15) is 0 Å². The minimum atomic E-state index is 0.506. The molecule has 4 aromatic rings. The normalized spacial score (nSPS) is 10.6. The number of aryl methyl sites for hydroxylation is 3. The predicted molar refractivity (Wildman–Crippen MR) is 109 cm³/mol. The van der Waals surface area contributed by atoms with Crippen LogP contribution in [0.15, 0.2) is 52.9 Å². The highest BCUT2D eigenvalue weighted by Crippen LogP contribution is 2.31. The predicted octanol–water partition coefficient (Wildman–Crippen LogP) is 5.65. The highest BCUT2D eigenvalue weighted by Gasteiger charge is 2.13. The molecule has 0 spiro atoms. The molecular formula is C21H23N3OS. The number of fused-ring (bicyclic) bond motifs is 1. The van der Waals surface area contributed by atoms with Gasteiger partial charge in [-0.15, -0.1) is 11.3 Å². The van der Waals surface area contributed by atoms with Crippen molar-refractivity contribution in [2.24, 2.45) is 0 Å². The lowest BCUT2D eigenvalue weighted by Gasteiger charge is -1.99. The van der Waals surface area contributed by atoms with Gasteiger partial charge in [0.2, 0.25) is 0 Å². The second kappa shape index (κ2) is 8.15. The molecule has 0 aliphatic rings. The number of benzene rings is 1. The van der Waals surface area contributed by atoms with Crippen molar-refractivity contribution in [3.63, 3.8) is 0 Å². The molecule has 0 fully saturated rings. The minimum absolute atomic E-state index is 0.506. The molecule has 0 saturated heterocycles. The SMILES string of the molecule is CC.Cc1ccc(-c2nc(N)c3cc(CCc4ccccc4)sc3n2)o1. The number of hydrogen-bond acceptors (Lipinski definition) is 5. The number of nitrogens with zero attached hydrogens (tertiary/aromatic N) is 2. The van der Waals surface area contributed by atoms with E-state index in [0.717, 1.165) is 28.8 Å². The van der Waals surface area contributed by atoms with Crippen molar-refractivity contribution in [3.05, 3.63) is 64.7 Å². The number of thiophene rings is 1. The van der Waals surface area contributed by atoms with E-state index in [1.165, 1.54) is 10.4 Å². The average molecular weight is 366 g/mol. The van der Waals surface area contributed by atoms with E-state index in [-0.39, 0.29) is 0 Å². The Morgan fingerprint density at radius 3 is 2.46 bits per heavy atom. The number of aromatic nitrogens is 2. The molecule has 0 unspecified atom stereocenters. The molecule has 0 saturated carbocycles. The Kier molecular flexibility index (Phi) is 5.68. The summed E-state index contributed by atoms with van der Waals surface area (Å²) in [6.07, 6.45) is 1.98. The summed E-state index contributed by atoms with van der Waals surface area (Å²) >= 11 is 1.67. The van der Waals surface area contributed by atoms with Crippen LogP contribution in [0.25, 0.3) is 21.8 Å². The summed E-state index contributed by atoms with van der Waals surface area (Å²) in [6.45, 7) is 5.90. The van der Waals surface area contributed by atoms with Crippen LogP contribution < -0.4 is 5.73 Å². The molecule has 0 aliphatic heterocycles. The zero-order valence-electron chi connectivity index (χ0n) is 15.3. The lowest BCUT2D eigenvalue weighted by molar-refractivity contribution is 0.544. The lowest BCUT2D eigenvalue weighted by Crippen LogP contribution is -1.95. The standard InChI is InChI=1S/C19H17N3OS.C2H6/c1-12-7-10-16(23-12)18-21-17(20)15-11-14(24-19(15)22-18)9-8-13-5-3-2-4-6-13;1-2/h2-7,10-11H,8-9H2,1H3,(H2,20,21,22);1-2H3. The maximum absolute atomic E-state index is 6.14. The highest BCUT2D eigenvalue weighted by atomic mass is 32.1. The number of nitrogens with two attached hydrogens (primary N) is 1. The first-order chi connectivity index (χ1) is 12.7. The second-order valence-corrected chi connectivity index (χ2v) is 6.88. The third-order valence-electron chi connectivity index (χ3n) is 3.94. The fraction of sp³-hybridized carbons (Fsp3) is 0.238. The second-order valence-electron chi connectivity index (χ2n) is 5.76. The fourth-order valence-electron chi connectivity index (χ4n) is 2.69. The van der Waals surface area contributed by atoms with E-state index in [1.54, 1.807) is 11.3 Å². The van der Waals surface area contributed by atoms with E-state index >= 15 is 0 Å². The molecule has 0 aliphatic carbocycles. The van der Waals surface area contributed by atoms with Crippen LogP contribution in [0.1, 0.15) is 30.0 Å². The third-order valence-corrected chi connectivity index (χ3v) is 5.03. The maximum Gasteiger partial charge on any atom is 0.199 e. The molecule has 0 radical (unpaired) electrons. The summed E-state index contributed by atoms with van der Waals surface area (Å²) in [4.78, 5) is 11.2. The van der Waals surface area contributed by atoms with Gasteiger partial charge in [-0.2, -0.15) is 0 Å². The monoisotopic (exact) mass is 365 g/mol. The fourth-order valence-corrected chi connectivity index (χ4v) is 3.73.